The maximum atomic E-state index is 4.66. The summed E-state index contributed by atoms with van der Waals surface area (Å²) in [6.45, 7) is 7.60. The number of aliphatic imine (C=N–C) groups is 1. The summed E-state index contributed by atoms with van der Waals surface area (Å²) < 4.78 is 1.95. The van der Waals surface area contributed by atoms with Crippen LogP contribution in [0, 0.1) is 6.92 Å². The Kier molecular flexibility index (Phi) is 8.45. The molecule has 6 nitrogen and oxygen atoms in total. The standard InChI is InChI=1S/C17H24N6.HI/c1-5-11-18-17(19-12-16-21-20-14(2)23(16)4)22(3)13-15-9-7-6-8-10-15;/h5-10H,1,11-13H2,2-4H3,(H,18,19);1H. The molecule has 1 aromatic heterocycles. The minimum atomic E-state index is 0. The molecule has 0 unspecified atom stereocenters. The van der Waals surface area contributed by atoms with Gasteiger partial charge >= 0.3 is 0 Å². The number of benzene rings is 1. The van der Waals surface area contributed by atoms with Gasteiger partial charge in [-0.15, -0.1) is 40.8 Å². The topological polar surface area (TPSA) is 58.3 Å². The van der Waals surface area contributed by atoms with E-state index in [1.165, 1.54) is 5.56 Å². The van der Waals surface area contributed by atoms with Gasteiger partial charge in [0.15, 0.2) is 11.8 Å². The molecule has 2 aromatic rings. The van der Waals surface area contributed by atoms with Gasteiger partial charge in [-0.05, 0) is 12.5 Å². The molecule has 0 saturated heterocycles. The summed E-state index contributed by atoms with van der Waals surface area (Å²) in [5, 5.41) is 11.5. The number of aryl methyl sites for hydroxylation is 1. The van der Waals surface area contributed by atoms with E-state index in [1.54, 1.807) is 0 Å². The van der Waals surface area contributed by atoms with E-state index in [9.17, 15) is 0 Å². The lowest BCUT2D eigenvalue weighted by Crippen LogP contribution is -2.38. The molecule has 0 amide bonds. The van der Waals surface area contributed by atoms with Crippen molar-refractivity contribution in [1.82, 2.24) is 25.0 Å². The van der Waals surface area contributed by atoms with Gasteiger partial charge in [0.25, 0.3) is 0 Å². The smallest absolute Gasteiger partial charge is 0.194 e. The molecule has 0 bridgehead atoms. The summed E-state index contributed by atoms with van der Waals surface area (Å²) in [5.74, 6) is 2.54. The van der Waals surface area contributed by atoms with Gasteiger partial charge in [-0.25, -0.2) is 4.99 Å². The lowest BCUT2D eigenvalue weighted by atomic mass is 10.2. The fraction of sp³-hybridized carbons (Fsp3) is 0.353. The molecule has 0 aliphatic heterocycles. The van der Waals surface area contributed by atoms with Crippen molar-refractivity contribution < 1.29 is 0 Å². The molecule has 130 valence electrons. The maximum Gasteiger partial charge on any atom is 0.194 e. The number of halogens is 1. The normalized spacial score (nSPS) is 10.9. The zero-order valence-electron chi connectivity index (χ0n) is 14.4. The highest BCUT2D eigenvalue weighted by Crippen LogP contribution is 2.04. The SMILES string of the molecule is C=CCNC(=NCc1nnc(C)n1C)N(C)Cc1ccccc1.I. The maximum absolute atomic E-state index is 4.66. The number of aromatic nitrogens is 3. The first kappa shape index (κ1) is 20.1. The Morgan fingerprint density at radius 1 is 1.33 bits per heavy atom. The van der Waals surface area contributed by atoms with Crippen LogP contribution in [0.25, 0.3) is 0 Å². The summed E-state index contributed by atoms with van der Waals surface area (Å²) in [4.78, 5) is 6.75. The predicted octanol–water partition coefficient (Wildman–Crippen LogP) is 2.51. The summed E-state index contributed by atoms with van der Waals surface area (Å²) >= 11 is 0. The molecule has 1 heterocycles. The van der Waals surface area contributed by atoms with Gasteiger partial charge in [0.05, 0.1) is 0 Å². The summed E-state index contributed by atoms with van der Waals surface area (Å²) in [6, 6.07) is 10.3. The molecular weight excluding hydrogens is 415 g/mol. The molecule has 0 spiro atoms. The second-order valence-electron chi connectivity index (χ2n) is 5.37. The highest BCUT2D eigenvalue weighted by atomic mass is 127. The van der Waals surface area contributed by atoms with Gasteiger partial charge in [-0.2, -0.15) is 0 Å². The van der Waals surface area contributed by atoms with E-state index >= 15 is 0 Å². The second kappa shape index (κ2) is 10.1. The molecule has 1 N–H and O–H groups in total. The van der Waals surface area contributed by atoms with Crippen LogP contribution in [0.1, 0.15) is 17.2 Å². The quantitative estimate of drug-likeness (QED) is 0.325. The van der Waals surface area contributed by atoms with Crippen molar-refractivity contribution in [2.45, 2.75) is 20.0 Å². The van der Waals surface area contributed by atoms with Gasteiger partial charge in [-0.3, -0.25) is 0 Å². The van der Waals surface area contributed by atoms with E-state index in [2.05, 4.69) is 44.1 Å². The number of guanidine groups is 1. The third kappa shape index (κ3) is 5.63. The largest absolute Gasteiger partial charge is 0.353 e. The van der Waals surface area contributed by atoms with E-state index in [0.29, 0.717) is 13.1 Å². The lowest BCUT2D eigenvalue weighted by Gasteiger charge is -2.22. The molecule has 1 aromatic carbocycles. The van der Waals surface area contributed by atoms with Crippen molar-refractivity contribution in [1.29, 1.82) is 0 Å². The van der Waals surface area contributed by atoms with E-state index < -0.39 is 0 Å². The van der Waals surface area contributed by atoms with Crippen molar-refractivity contribution in [3.63, 3.8) is 0 Å². The van der Waals surface area contributed by atoms with Crippen molar-refractivity contribution >= 4 is 29.9 Å². The Hall–Kier alpha value is -1.90. The average molecular weight is 440 g/mol. The summed E-state index contributed by atoms with van der Waals surface area (Å²) in [7, 11) is 3.97. The number of rotatable bonds is 6. The zero-order valence-corrected chi connectivity index (χ0v) is 16.8. The molecule has 24 heavy (non-hydrogen) atoms. The van der Waals surface area contributed by atoms with Crippen LogP contribution < -0.4 is 5.32 Å². The van der Waals surface area contributed by atoms with Gasteiger partial charge in [-0.1, -0.05) is 36.4 Å². The molecular formula is C17H25IN6. The van der Waals surface area contributed by atoms with Crippen LogP contribution in [0.3, 0.4) is 0 Å². The van der Waals surface area contributed by atoms with Gasteiger partial charge in [0.2, 0.25) is 0 Å². The predicted molar refractivity (Wildman–Crippen MR) is 108 cm³/mol. The second-order valence-corrected chi connectivity index (χ2v) is 5.37. The third-order valence-corrected chi connectivity index (χ3v) is 3.58. The number of hydrogen-bond donors (Lipinski definition) is 1. The van der Waals surface area contributed by atoms with Crippen LogP contribution in [0.5, 0.6) is 0 Å². The van der Waals surface area contributed by atoms with Crippen molar-refractivity contribution in [3.8, 4) is 0 Å². The molecule has 2 rings (SSSR count). The van der Waals surface area contributed by atoms with Crippen molar-refractivity contribution in [3.05, 3.63) is 60.2 Å². The molecule has 0 saturated carbocycles. The molecule has 0 atom stereocenters. The van der Waals surface area contributed by atoms with Crippen molar-refractivity contribution in [2.24, 2.45) is 12.0 Å². The Balaban J connectivity index is 0.00000288. The Morgan fingerprint density at radius 2 is 2.04 bits per heavy atom. The van der Waals surface area contributed by atoms with E-state index in [-0.39, 0.29) is 24.0 Å². The summed E-state index contributed by atoms with van der Waals surface area (Å²) in [6.07, 6.45) is 1.82. The first-order valence-electron chi connectivity index (χ1n) is 7.61. The lowest BCUT2D eigenvalue weighted by molar-refractivity contribution is 0.477. The number of nitrogens with zero attached hydrogens (tertiary/aromatic N) is 5. The Labute approximate surface area is 160 Å². The molecule has 0 radical (unpaired) electrons. The first-order valence-corrected chi connectivity index (χ1v) is 7.61. The first-order chi connectivity index (χ1) is 11.1. The van der Waals surface area contributed by atoms with E-state index in [0.717, 1.165) is 24.2 Å². The fourth-order valence-electron chi connectivity index (χ4n) is 2.14. The van der Waals surface area contributed by atoms with Crippen LogP contribution in [0.2, 0.25) is 0 Å². The molecule has 0 fully saturated rings. The van der Waals surface area contributed by atoms with Crippen molar-refractivity contribution in [2.75, 3.05) is 13.6 Å². The highest BCUT2D eigenvalue weighted by molar-refractivity contribution is 14.0. The monoisotopic (exact) mass is 440 g/mol. The molecule has 0 aliphatic carbocycles. The Bertz CT molecular complexity index is 665. The minimum Gasteiger partial charge on any atom is -0.353 e. The van der Waals surface area contributed by atoms with Crippen LogP contribution in [-0.4, -0.2) is 39.2 Å². The van der Waals surface area contributed by atoms with Crippen LogP contribution in [-0.2, 0) is 20.1 Å². The van der Waals surface area contributed by atoms with Crippen LogP contribution in [0.4, 0.5) is 0 Å². The highest BCUT2D eigenvalue weighted by Gasteiger charge is 2.08. The minimum absolute atomic E-state index is 0. The number of nitrogens with one attached hydrogen (secondary N) is 1. The van der Waals surface area contributed by atoms with Gasteiger partial charge in [0.1, 0.15) is 12.4 Å². The zero-order chi connectivity index (χ0) is 16.7. The molecule has 0 aliphatic rings. The van der Waals surface area contributed by atoms with E-state index in [1.807, 2.05) is 49.9 Å². The number of hydrogen-bond acceptors (Lipinski definition) is 3. The Morgan fingerprint density at radius 3 is 2.62 bits per heavy atom. The summed E-state index contributed by atoms with van der Waals surface area (Å²) in [5.41, 5.74) is 1.23. The van der Waals surface area contributed by atoms with Crippen LogP contribution >= 0.6 is 24.0 Å². The van der Waals surface area contributed by atoms with Gasteiger partial charge < -0.3 is 14.8 Å². The third-order valence-electron chi connectivity index (χ3n) is 3.58. The fourth-order valence-corrected chi connectivity index (χ4v) is 2.14. The van der Waals surface area contributed by atoms with Gasteiger partial charge in [0, 0.05) is 27.2 Å². The van der Waals surface area contributed by atoms with Crippen LogP contribution in [0.15, 0.2) is 48.0 Å². The molecule has 7 heteroatoms. The average Bonchev–Trinajstić information content (AvgIpc) is 2.87. The van der Waals surface area contributed by atoms with E-state index in [4.69, 9.17) is 0 Å².